The van der Waals surface area contributed by atoms with Gasteiger partial charge in [-0.1, -0.05) is 13.8 Å². The highest BCUT2D eigenvalue weighted by Crippen LogP contribution is 2.25. The molecule has 0 saturated carbocycles. The molecule has 0 aliphatic carbocycles. The highest BCUT2D eigenvalue weighted by molar-refractivity contribution is 14.0. The maximum absolute atomic E-state index is 13.5. The Morgan fingerprint density at radius 3 is 2.61 bits per heavy atom. The first-order chi connectivity index (χ1) is 14.5. The van der Waals surface area contributed by atoms with E-state index in [1.165, 1.54) is 18.6 Å². The Kier molecular flexibility index (Phi) is 13.3. The smallest absolute Gasteiger partial charge is 0.191 e. The maximum Gasteiger partial charge on any atom is 0.191 e. The van der Waals surface area contributed by atoms with Gasteiger partial charge in [0, 0.05) is 44.0 Å². The van der Waals surface area contributed by atoms with Crippen molar-refractivity contribution in [2.75, 3.05) is 50.7 Å². The topological polar surface area (TPSA) is 42.9 Å². The van der Waals surface area contributed by atoms with Crippen molar-refractivity contribution in [3.8, 4) is 0 Å². The van der Waals surface area contributed by atoms with Gasteiger partial charge in [0.25, 0.3) is 0 Å². The van der Waals surface area contributed by atoms with Crippen molar-refractivity contribution in [3.63, 3.8) is 0 Å². The SMILES string of the molecule is CCNC(=NCC1CCN(c2ccc(F)c(F)c2)C1)NC(C)CCCN(CC)CC.I. The minimum absolute atomic E-state index is 0. The van der Waals surface area contributed by atoms with E-state index in [-0.39, 0.29) is 24.0 Å². The van der Waals surface area contributed by atoms with Crippen LogP contribution in [0.25, 0.3) is 0 Å². The molecular weight excluding hydrogens is 511 g/mol. The van der Waals surface area contributed by atoms with Gasteiger partial charge in [-0.3, -0.25) is 4.99 Å². The first kappa shape index (κ1) is 27.9. The lowest BCUT2D eigenvalue weighted by Crippen LogP contribution is -2.42. The largest absolute Gasteiger partial charge is 0.371 e. The first-order valence-electron chi connectivity index (χ1n) is 11.4. The highest BCUT2D eigenvalue weighted by Gasteiger charge is 2.23. The molecule has 0 radical (unpaired) electrons. The van der Waals surface area contributed by atoms with Gasteiger partial charge in [-0.15, -0.1) is 24.0 Å². The van der Waals surface area contributed by atoms with E-state index < -0.39 is 11.6 Å². The van der Waals surface area contributed by atoms with Gasteiger partial charge in [-0.2, -0.15) is 0 Å². The molecule has 1 heterocycles. The summed E-state index contributed by atoms with van der Waals surface area (Å²) in [6.07, 6.45) is 3.27. The van der Waals surface area contributed by atoms with Crippen molar-refractivity contribution in [1.82, 2.24) is 15.5 Å². The Labute approximate surface area is 204 Å². The average molecular weight is 552 g/mol. The number of rotatable bonds is 11. The third kappa shape index (κ3) is 9.47. The number of benzene rings is 1. The molecule has 2 N–H and O–H groups in total. The molecule has 0 aromatic heterocycles. The van der Waals surface area contributed by atoms with E-state index in [2.05, 4.69) is 48.1 Å². The molecule has 0 spiro atoms. The zero-order valence-electron chi connectivity index (χ0n) is 19.5. The fourth-order valence-corrected chi connectivity index (χ4v) is 3.90. The van der Waals surface area contributed by atoms with E-state index in [1.54, 1.807) is 6.07 Å². The van der Waals surface area contributed by atoms with Crippen LogP contribution >= 0.6 is 24.0 Å². The molecule has 5 nitrogen and oxygen atoms in total. The van der Waals surface area contributed by atoms with Gasteiger partial charge in [0.15, 0.2) is 17.6 Å². The van der Waals surface area contributed by atoms with Crippen molar-refractivity contribution in [3.05, 3.63) is 29.8 Å². The molecule has 0 bridgehead atoms. The zero-order valence-corrected chi connectivity index (χ0v) is 21.8. The van der Waals surface area contributed by atoms with Crippen LogP contribution in [0.3, 0.4) is 0 Å². The molecule has 1 aliphatic rings. The molecule has 2 unspecified atom stereocenters. The van der Waals surface area contributed by atoms with Crippen LogP contribution in [0.2, 0.25) is 0 Å². The van der Waals surface area contributed by atoms with Crippen LogP contribution in [0, 0.1) is 17.6 Å². The summed E-state index contributed by atoms with van der Waals surface area (Å²) in [5.74, 6) is -0.320. The number of nitrogens with zero attached hydrogens (tertiary/aromatic N) is 3. The number of guanidine groups is 1. The van der Waals surface area contributed by atoms with Gasteiger partial charge >= 0.3 is 0 Å². The Morgan fingerprint density at radius 2 is 1.97 bits per heavy atom. The predicted molar refractivity (Wildman–Crippen MR) is 138 cm³/mol. The molecule has 31 heavy (non-hydrogen) atoms. The molecule has 1 aromatic rings. The van der Waals surface area contributed by atoms with Crippen LogP contribution in [0.4, 0.5) is 14.5 Å². The van der Waals surface area contributed by atoms with E-state index in [0.717, 1.165) is 70.3 Å². The standard InChI is InChI=1S/C23H39F2N5.HI/c1-5-26-23(28-18(4)9-8-13-29(6-2)7-3)27-16-19-12-14-30(17-19)20-10-11-21(24)22(25)15-20;/h10-11,15,18-19H,5-9,12-14,16-17H2,1-4H3,(H2,26,27,28);1H. The summed E-state index contributed by atoms with van der Waals surface area (Å²) in [4.78, 5) is 9.35. The van der Waals surface area contributed by atoms with E-state index in [9.17, 15) is 8.78 Å². The van der Waals surface area contributed by atoms with Gasteiger partial charge in [-0.25, -0.2) is 8.78 Å². The lowest BCUT2D eigenvalue weighted by atomic mass is 10.1. The highest BCUT2D eigenvalue weighted by atomic mass is 127. The number of aliphatic imine (C=N–C) groups is 1. The Morgan fingerprint density at radius 1 is 1.23 bits per heavy atom. The maximum atomic E-state index is 13.5. The fourth-order valence-electron chi connectivity index (χ4n) is 3.90. The normalized spacial score (nSPS) is 17.6. The number of hydrogen-bond donors (Lipinski definition) is 2. The minimum atomic E-state index is -0.799. The molecule has 2 atom stereocenters. The second-order valence-electron chi connectivity index (χ2n) is 8.13. The molecule has 1 saturated heterocycles. The molecule has 0 amide bonds. The molecular formula is C23H40F2IN5. The number of hydrogen-bond acceptors (Lipinski definition) is 3. The van der Waals surface area contributed by atoms with Gasteiger partial charge in [-0.05, 0) is 70.8 Å². The van der Waals surface area contributed by atoms with E-state index in [1.807, 2.05) is 0 Å². The zero-order chi connectivity index (χ0) is 21.9. The summed E-state index contributed by atoms with van der Waals surface area (Å²) in [5.41, 5.74) is 0.743. The molecule has 8 heteroatoms. The first-order valence-corrected chi connectivity index (χ1v) is 11.4. The summed E-state index contributed by atoms with van der Waals surface area (Å²) < 4.78 is 26.7. The van der Waals surface area contributed by atoms with Crippen molar-refractivity contribution in [1.29, 1.82) is 0 Å². The summed E-state index contributed by atoms with van der Waals surface area (Å²) in [7, 11) is 0. The molecule has 1 fully saturated rings. The van der Waals surface area contributed by atoms with Gasteiger partial charge in [0.1, 0.15) is 0 Å². The van der Waals surface area contributed by atoms with E-state index in [4.69, 9.17) is 4.99 Å². The average Bonchev–Trinajstić information content (AvgIpc) is 3.21. The summed E-state index contributed by atoms with van der Waals surface area (Å²) in [6, 6.07) is 4.49. The lowest BCUT2D eigenvalue weighted by molar-refractivity contribution is 0.292. The van der Waals surface area contributed by atoms with Crippen molar-refractivity contribution >= 4 is 35.6 Å². The minimum Gasteiger partial charge on any atom is -0.371 e. The Balaban J connectivity index is 0.00000480. The van der Waals surface area contributed by atoms with Crippen LogP contribution in [-0.4, -0.2) is 62.7 Å². The second-order valence-corrected chi connectivity index (χ2v) is 8.13. The third-order valence-electron chi connectivity index (χ3n) is 5.80. The molecule has 2 rings (SSSR count). The van der Waals surface area contributed by atoms with Crippen molar-refractivity contribution in [2.45, 2.75) is 53.0 Å². The van der Waals surface area contributed by atoms with Gasteiger partial charge < -0.3 is 20.4 Å². The summed E-state index contributed by atoms with van der Waals surface area (Å²) >= 11 is 0. The number of anilines is 1. The Bertz CT molecular complexity index is 669. The van der Waals surface area contributed by atoms with Crippen LogP contribution in [0.15, 0.2) is 23.2 Å². The monoisotopic (exact) mass is 551 g/mol. The predicted octanol–water partition coefficient (Wildman–Crippen LogP) is 4.47. The molecule has 1 aliphatic heterocycles. The quantitative estimate of drug-likeness (QED) is 0.242. The van der Waals surface area contributed by atoms with Crippen molar-refractivity contribution in [2.24, 2.45) is 10.9 Å². The van der Waals surface area contributed by atoms with Gasteiger partial charge in [0.05, 0.1) is 0 Å². The Hall–Kier alpha value is -1.16. The number of nitrogens with one attached hydrogen (secondary N) is 2. The summed E-state index contributed by atoms with van der Waals surface area (Å²) in [5, 5.41) is 6.86. The van der Waals surface area contributed by atoms with Crippen molar-refractivity contribution < 1.29 is 8.78 Å². The van der Waals surface area contributed by atoms with E-state index >= 15 is 0 Å². The van der Waals surface area contributed by atoms with Crippen LogP contribution in [0.5, 0.6) is 0 Å². The van der Waals surface area contributed by atoms with Gasteiger partial charge in [0.2, 0.25) is 0 Å². The van der Waals surface area contributed by atoms with Crippen LogP contribution < -0.4 is 15.5 Å². The fraction of sp³-hybridized carbons (Fsp3) is 0.696. The number of halogens is 3. The van der Waals surface area contributed by atoms with E-state index in [0.29, 0.717) is 12.0 Å². The second kappa shape index (κ2) is 14.8. The van der Waals surface area contributed by atoms with Crippen LogP contribution in [-0.2, 0) is 0 Å². The molecule has 178 valence electrons. The molecule has 1 aromatic carbocycles. The third-order valence-corrected chi connectivity index (χ3v) is 5.80. The summed E-state index contributed by atoms with van der Waals surface area (Å²) in [6.45, 7) is 15.2. The lowest BCUT2D eigenvalue weighted by Gasteiger charge is -2.21. The van der Waals surface area contributed by atoms with Crippen LogP contribution in [0.1, 0.15) is 47.0 Å².